The zero-order valence-corrected chi connectivity index (χ0v) is 10.8. The molecule has 8 nitrogen and oxygen atoms in total. The highest BCUT2D eigenvalue weighted by Crippen LogP contribution is 2.18. The maximum absolute atomic E-state index is 12.1. The van der Waals surface area contributed by atoms with Crippen molar-refractivity contribution in [3.63, 3.8) is 0 Å². The molecule has 0 aliphatic carbocycles. The van der Waals surface area contributed by atoms with Crippen LogP contribution in [0.4, 0.5) is 5.82 Å². The molecule has 4 N–H and O–H groups in total. The Labute approximate surface area is 104 Å². The first kappa shape index (κ1) is 12.6. The topological polar surface area (TPSA) is 119 Å². The predicted octanol–water partition coefficient (Wildman–Crippen LogP) is -0.235. The average Bonchev–Trinajstić information content (AvgIpc) is 2.86. The molecule has 2 rings (SSSR count). The van der Waals surface area contributed by atoms with Crippen molar-refractivity contribution in [2.75, 3.05) is 5.73 Å². The zero-order valence-electron chi connectivity index (χ0n) is 9.95. The van der Waals surface area contributed by atoms with Crippen LogP contribution in [0.1, 0.15) is 18.8 Å². The van der Waals surface area contributed by atoms with Gasteiger partial charge in [0.05, 0.1) is 6.04 Å². The number of rotatable bonds is 4. The molecule has 0 aliphatic rings. The van der Waals surface area contributed by atoms with E-state index in [1.807, 2.05) is 0 Å². The van der Waals surface area contributed by atoms with E-state index in [1.54, 1.807) is 26.4 Å². The first-order chi connectivity index (χ1) is 8.40. The highest BCUT2D eigenvalue weighted by Gasteiger charge is 2.24. The highest BCUT2D eigenvalue weighted by molar-refractivity contribution is 7.89. The lowest BCUT2D eigenvalue weighted by Gasteiger charge is -2.11. The van der Waals surface area contributed by atoms with Crippen molar-refractivity contribution in [3.05, 3.63) is 24.4 Å². The molecule has 0 aliphatic heterocycles. The normalized spacial score (nSPS) is 13.7. The van der Waals surface area contributed by atoms with Gasteiger partial charge in [-0.1, -0.05) is 0 Å². The van der Waals surface area contributed by atoms with E-state index in [1.165, 1.54) is 10.9 Å². The Kier molecular flexibility index (Phi) is 3.09. The van der Waals surface area contributed by atoms with Crippen molar-refractivity contribution in [1.29, 1.82) is 0 Å². The zero-order chi connectivity index (χ0) is 13.3. The standard InChI is InChI=1S/C9H14N6O2S/c1-6(9-11-3-4-12-9)14-18(16,17)7-5-15(2)13-8(7)10/h3-6,14H,1-2H3,(H2,10,13)(H,11,12). The Morgan fingerprint density at radius 2 is 2.28 bits per heavy atom. The number of nitrogen functional groups attached to an aromatic ring is 1. The summed E-state index contributed by atoms with van der Waals surface area (Å²) in [6.07, 6.45) is 4.53. The molecule has 0 spiro atoms. The lowest BCUT2D eigenvalue weighted by molar-refractivity contribution is 0.561. The predicted molar refractivity (Wildman–Crippen MR) is 64.9 cm³/mol. The number of aromatic nitrogens is 4. The van der Waals surface area contributed by atoms with Crippen LogP contribution in [0, 0.1) is 0 Å². The molecule has 98 valence electrons. The molecule has 2 aromatic rings. The van der Waals surface area contributed by atoms with Gasteiger partial charge in [-0.25, -0.2) is 18.1 Å². The maximum Gasteiger partial charge on any atom is 0.246 e. The van der Waals surface area contributed by atoms with Gasteiger partial charge in [0, 0.05) is 25.6 Å². The van der Waals surface area contributed by atoms with Crippen LogP contribution < -0.4 is 10.5 Å². The molecule has 0 amide bonds. The number of aromatic amines is 1. The van der Waals surface area contributed by atoms with E-state index >= 15 is 0 Å². The summed E-state index contributed by atoms with van der Waals surface area (Å²) in [6.45, 7) is 1.68. The first-order valence-corrected chi connectivity index (χ1v) is 6.69. The first-order valence-electron chi connectivity index (χ1n) is 5.21. The minimum absolute atomic E-state index is 0.0309. The van der Waals surface area contributed by atoms with Crippen LogP contribution in [-0.4, -0.2) is 28.2 Å². The van der Waals surface area contributed by atoms with Crippen molar-refractivity contribution in [2.45, 2.75) is 17.9 Å². The molecule has 0 radical (unpaired) electrons. The molecule has 1 unspecified atom stereocenters. The molecule has 2 heterocycles. The number of sulfonamides is 1. The minimum Gasteiger partial charge on any atom is -0.381 e. The number of H-pyrrole nitrogens is 1. The molecule has 0 fully saturated rings. The van der Waals surface area contributed by atoms with E-state index in [0.29, 0.717) is 5.82 Å². The molecule has 1 atom stereocenters. The second-order valence-electron chi connectivity index (χ2n) is 3.87. The van der Waals surface area contributed by atoms with Gasteiger partial charge in [-0.3, -0.25) is 4.68 Å². The van der Waals surface area contributed by atoms with Crippen molar-refractivity contribution >= 4 is 15.8 Å². The molecule has 2 aromatic heterocycles. The number of nitrogens with zero attached hydrogens (tertiary/aromatic N) is 3. The van der Waals surface area contributed by atoms with Gasteiger partial charge in [-0.2, -0.15) is 5.10 Å². The fourth-order valence-electron chi connectivity index (χ4n) is 1.56. The Morgan fingerprint density at radius 1 is 1.56 bits per heavy atom. The number of anilines is 1. The number of nitrogens with one attached hydrogen (secondary N) is 2. The van der Waals surface area contributed by atoms with Crippen molar-refractivity contribution < 1.29 is 8.42 Å². The van der Waals surface area contributed by atoms with Gasteiger partial charge in [0.25, 0.3) is 0 Å². The lowest BCUT2D eigenvalue weighted by atomic mass is 10.3. The van der Waals surface area contributed by atoms with E-state index in [9.17, 15) is 8.42 Å². The smallest absolute Gasteiger partial charge is 0.246 e. The third-order valence-corrected chi connectivity index (χ3v) is 3.93. The number of hydrogen-bond donors (Lipinski definition) is 3. The van der Waals surface area contributed by atoms with Crippen LogP contribution in [0.3, 0.4) is 0 Å². The van der Waals surface area contributed by atoms with E-state index < -0.39 is 16.1 Å². The molecule has 9 heteroatoms. The molecule has 18 heavy (non-hydrogen) atoms. The largest absolute Gasteiger partial charge is 0.381 e. The number of aryl methyl sites for hydroxylation is 1. The van der Waals surface area contributed by atoms with Gasteiger partial charge >= 0.3 is 0 Å². The fraction of sp³-hybridized carbons (Fsp3) is 0.333. The van der Waals surface area contributed by atoms with Gasteiger partial charge in [0.15, 0.2) is 5.82 Å². The summed E-state index contributed by atoms with van der Waals surface area (Å²) in [5.74, 6) is 0.498. The van der Waals surface area contributed by atoms with Gasteiger partial charge in [0.1, 0.15) is 10.7 Å². The second kappa shape index (κ2) is 4.42. The van der Waals surface area contributed by atoms with Crippen molar-refractivity contribution in [2.24, 2.45) is 7.05 Å². The van der Waals surface area contributed by atoms with Crippen LogP contribution in [0.2, 0.25) is 0 Å². The fourth-order valence-corrected chi connectivity index (χ4v) is 2.87. The quantitative estimate of drug-likeness (QED) is 0.708. The van der Waals surface area contributed by atoms with Gasteiger partial charge in [0.2, 0.25) is 10.0 Å². The summed E-state index contributed by atoms with van der Waals surface area (Å²) in [4.78, 5) is 6.79. The lowest BCUT2D eigenvalue weighted by Crippen LogP contribution is -2.27. The summed E-state index contributed by atoms with van der Waals surface area (Å²) < 4.78 is 28.0. The van der Waals surface area contributed by atoms with E-state index in [2.05, 4.69) is 19.8 Å². The van der Waals surface area contributed by atoms with E-state index in [0.717, 1.165) is 0 Å². The van der Waals surface area contributed by atoms with Gasteiger partial charge in [-0.15, -0.1) is 0 Å². The monoisotopic (exact) mass is 270 g/mol. The highest BCUT2D eigenvalue weighted by atomic mass is 32.2. The van der Waals surface area contributed by atoms with Crippen molar-refractivity contribution in [1.82, 2.24) is 24.5 Å². The number of nitrogens with two attached hydrogens (primary N) is 1. The SMILES string of the molecule is CC(NS(=O)(=O)c1cn(C)nc1N)c1ncc[nH]1. The third kappa shape index (κ3) is 2.36. The van der Waals surface area contributed by atoms with Crippen molar-refractivity contribution in [3.8, 4) is 0 Å². The van der Waals surface area contributed by atoms with Crippen LogP contribution in [0.15, 0.2) is 23.5 Å². The van der Waals surface area contributed by atoms with Crippen LogP contribution >= 0.6 is 0 Å². The van der Waals surface area contributed by atoms with Crippen LogP contribution in [-0.2, 0) is 17.1 Å². The second-order valence-corrected chi connectivity index (χ2v) is 5.55. The Hall–Kier alpha value is -1.87. The van der Waals surface area contributed by atoms with Gasteiger partial charge < -0.3 is 10.7 Å². The average molecular weight is 270 g/mol. The molecule has 0 aromatic carbocycles. The Balaban J connectivity index is 2.25. The summed E-state index contributed by atoms with van der Waals surface area (Å²) in [7, 11) is -2.11. The molecule has 0 bridgehead atoms. The molecule has 0 saturated heterocycles. The summed E-state index contributed by atoms with van der Waals surface area (Å²) in [6, 6.07) is -0.482. The Morgan fingerprint density at radius 3 is 2.78 bits per heavy atom. The Bertz CT molecular complexity index is 630. The number of hydrogen-bond acceptors (Lipinski definition) is 5. The van der Waals surface area contributed by atoms with Gasteiger partial charge in [-0.05, 0) is 6.92 Å². The minimum atomic E-state index is -3.71. The van der Waals surface area contributed by atoms with Crippen LogP contribution in [0.25, 0.3) is 0 Å². The summed E-state index contributed by atoms with van der Waals surface area (Å²) in [5, 5.41) is 3.80. The molecular weight excluding hydrogens is 256 g/mol. The molecule has 0 saturated carbocycles. The van der Waals surface area contributed by atoms with Crippen LogP contribution in [0.5, 0.6) is 0 Å². The summed E-state index contributed by atoms with van der Waals surface area (Å²) in [5.41, 5.74) is 5.55. The summed E-state index contributed by atoms with van der Waals surface area (Å²) >= 11 is 0. The number of imidazole rings is 1. The maximum atomic E-state index is 12.1. The van der Waals surface area contributed by atoms with E-state index in [4.69, 9.17) is 5.73 Å². The van der Waals surface area contributed by atoms with E-state index in [-0.39, 0.29) is 10.7 Å². The molecular formula is C9H14N6O2S. The third-order valence-electron chi connectivity index (χ3n) is 2.37.